The van der Waals surface area contributed by atoms with Gasteiger partial charge in [0.2, 0.25) is 0 Å². The summed E-state index contributed by atoms with van der Waals surface area (Å²) in [4.78, 5) is 17.0. The first-order chi connectivity index (χ1) is 12.5. The summed E-state index contributed by atoms with van der Waals surface area (Å²) in [5, 5.41) is 13.8. The largest absolute Gasteiger partial charge is 0.391 e. The lowest BCUT2D eigenvalue weighted by Crippen LogP contribution is -2.39. The highest BCUT2D eigenvalue weighted by atomic mass is 16.3. The number of nitrogens with one attached hydrogen (secondary N) is 1. The second-order valence-corrected chi connectivity index (χ2v) is 7.19. The van der Waals surface area contributed by atoms with Crippen molar-refractivity contribution < 1.29 is 5.11 Å². The summed E-state index contributed by atoms with van der Waals surface area (Å²) in [5.74, 6) is 1.73. The molecule has 1 saturated heterocycles. The number of aliphatic hydroxyl groups is 1. The Hall–Kier alpha value is -2.25. The van der Waals surface area contributed by atoms with Crippen LogP contribution in [0.4, 0.5) is 11.6 Å². The number of aryl methyl sites for hydroxylation is 1. The van der Waals surface area contributed by atoms with Gasteiger partial charge in [-0.15, -0.1) is 0 Å². The van der Waals surface area contributed by atoms with Gasteiger partial charge >= 0.3 is 0 Å². The van der Waals surface area contributed by atoms with Crippen LogP contribution in [0.5, 0.6) is 0 Å². The fraction of sp³-hybridized carbons (Fsp3) is 0.526. The van der Waals surface area contributed by atoms with E-state index in [1.54, 1.807) is 6.33 Å². The van der Waals surface area contributed by atoms with Crippen LogP contribution in [0.15, 0.2) is 30.9 Å². The van der Waals surface area contributed by atoms with Gasteiger partial charge in [-0.1, -0.05) is 0 Å². The van der Waals surface area contributed by atoms with Crippen LogP contribution in [0.2, 0.25) is 0 Å². The third-order valence-corrected chi connectivity index (χ3v) is 4.97. The van der Waals surface area contributed by atoms with Gasteiger partial charge < -0.3 is 20.2 Å². The van der Waals surface area contributed by atoms with Crippen molar-refractivity contribution in [1.29, 1.82) is 0 Å². The highest BCUT2D eigenvalue weighted by Crippen LogP contribution is 2.26. The van der Waals surface area contributed by atoms with Crippen LogP contribution in [-0.4, -0.2) is 59.4 Å². The maximum atomic E-state index is 10.2. The zero-order valence-corrected chi connectivity index (χ0v) is 15.9. The lowest BCUT2D eigenvalue weighted by atomic mass is 10.0. The van der Waals surface area contributed by atoms with Gasteiger partial charge in [0.1, 0.15) is 18.0 Å². The number of hydrogen-bond donors (Lipinski definition) is 2. The fourth-order valence-electron chi connectivity index (χ4n) is 3.50. The van der Waals surface area contributed by atoms with Crippen molar-refractivity contribution in [2.45, 2.75) is 38.5 Å². The van der Waals surface area contributed by atoms with E-state index in [0.717, 1.165) is 24.6 Å². The summed E-state index contributed by atoms with van der Waals surface area (Å²) >= 11 is 0. The molecule has 2 N–H and O–H groups in total. The molecule has 3 heterocycles. The number of pyridine rings is 1. The van der Waals surface area contributed by atoms with Crippen molar-refractivity contribution in [3.8, 4) is 0 Å². The highest BCUT2D eigenvalue weighted by Gasteiger charge is 2.32. The Bertz CT molecular complexity index is 737. The van der Waals surface area contributed by atoms with Gasteiger partial charge in [0.15, 0.2) is 0 Å². The first-order valence-electron chi connectivity index (χ1n) is 9.03. The molecule has 26 heavy (non-hydrogen) atoms. The predicted octanol–water partition coefficient (Wildman–Crippen LogP) is 1.54. The Balaban J connectivity index is 1.70. The van der Waals surface area contributed by atoms with E-state index < -0.39 is 0 Å². The molecule has 3 atom stereocenters. The topological polar surface area (TPSA) is 77.4 Å². The third-order valence-electron chi connectivity index (χ3n) is 4.97. The zero-order chi connectivity index (χ0) is 18.7. The summed E-state index contributed by atoms with van der Waals surface area (Å²) in [6.45, 7) is 5.61. The second-order valence-electron chi connectivity index (χ2n) is 7.19. The Labute approximate surface area is 155 Å². The van der Waals surface area contributed by atoms with Crippen LogP contribution in [0, 0.1) is 6.92 Å². The number of aromatic nitrogens is 3. The minimum atomic E-state index is -0.336. The molecule has 0 bridgehead atoms. The lowest BCUT2D eigenvalue weighted by Gasteiger charge is -2.28. The first-order valence-corrected chi connectivity index (χ1v) is 9.03. The van der Waals surface area contributed by atoms with Gasteiger partial charge in [0.25, 0.3) is 0 Å². The number of anilines is 2. The van der Waals surface area contributed by atoms with Crippen molar-refractivity contribution in [3.63, 3.8) is 0 Å². The molecule has 140 valence electrons. The number of β-amino-alcohol motifs (C(OH)–C–C–N with tert-alkyl or cyclic N) is 1. The molecule has 1 aliphatic heterocycles. The van der Waals surface area contributed by atoms with Crippen molar-refractivity contribution >= 4 is 11.6 Å². The van der Waals surface area contributed by atoms with E-state index in [9.17, 15) is 5.11 Å². The van der Waals surface area contributed by atoms with E-state index in [-0.39, 0.29) is 18.2 Å². The normalized spacial score (nSPS) is 21.0. The Morgan fingerprint density at radius 1 is 1.38 bits per heavy atom. The Kier molecular flexibility index (Phi) is 5.68. The Morgan fingerprint density at radius 2 is 2.19 bits per heavy atom. The molecule has 1 fully saturated rings. The van der Waals surface area contributed by atoms with E-state index in [1.165, 1.54) is 11.1 Å². The quantitative estimate of drug-likeness (QED) is 0.813. The van der Waals surface area contributed by atoms with Gasteiger partial charge in [-0.05, 0) is 37.5 Å². The van der Waals surface area contributed by atoms with Gasteiger partial charge in [-0.2, -0.15) is 0 Å². The number of hydrogen-bond acceptors (Lipinski definition) is 7. The number of rotatable bonds is 6. The molecule has 1 unspecified atom stereocenters. The van der Waals surface area contributed by atoms with Gasteiger partial charge in [-0.3, -0.25) is 4.98 Å². The fourth-order valence-corrected chi connectivity index (χ4v) is 3.50. The van der Waals surface area contributed by atoms with Crippen molar-refractivity contribution in [1.82, 2.24) is 20.3 Å². The smallest absolute Gasteiger partial charge is 0.134 e. The van der Waals surface area contributed by atoms with Crippen LogP contribution in [0.1, 0.15) is 30.5 Å². The maximum Gasteiger partial charge on any atom is 0.134 e. The molecule has 0 aliphatic carbocycles. The Morgan fingerprint density at radius 3 is 2.92 bits per heavy atom. The summed E-state index contributed by atoms with van der Waals surface area (Å²) < 4.78 is 0. The maximum absolute atomic E-state index is 10.2. The molecule has 0 aromatic carbocycles. The summed E-state index contributed by atoms with van der Waals surface area (Å²) in [6.07, 6.45) is 5.70. The molecule has 0 amide bonds. The lowest BCUT2D eigenvalue weighted by molar-refractivity contribution is 0.193. The van der Waals surface area contributed by atoms with E-state index >= 15 is 0 Å². The second kappa shape index (κ2) is 7.97. The zero-order valence-electron chi connectivity index (χ0n) is 15.9. The molecular weight excluding hydrogens is 328 g/mol. The van der Waals surface area contributed by atoms with Gasteiger partial charge in [-0.25, -0.2) is 9.97 Å². The molecular formula is C19H28N6O. The molecule has 7 nitrogen and oxygen atoms in total. The van der Waals surface area contributed by atoms with Crippen LogP contribution < -0.4 is 15.1 Å². The molecule has 2 aromatic heterocycles. The van der Waals surface area contributed by atoms with Crippen molar-refractivity contribution in [2.75, 3.05) is 37.0 Å². The monoisotopic (exact) mass is 356 g/mol. The average Bonchev–Trinajstić information content (AvgIpc) is 3.01. The molecule has 0 spiro atoms. The molecule has 7 heteroatoms. The van der Waals surface area contributed by atoms with Gasteiger partial charge in [0.05, 0.1) is 6.10 Å². The van der Waals surface area contributed by atoms with Crippen LogP contribution in [0.25, 0.3) is 0 Å². The molecule has 0 radical (unpaired) electrons. The van der Waals surface area contributed by atoms with E-state index in [4.69, 9.17) is 0 Å². The molecule has 1 aliphatic rings. The first kappa shape index (κ1) is 18.5. The van der Waals surface area contributed by atoms with Crippen LogP contribution >= 0.6 is 0 Å². The predicted molar refractivity (Wildman–Crippen MR) is 104 cm³/mol. The summed E-state index contributed by atoms with van der Waals surface area (Å²) in [7, 11) is 3.92. The summed E-state index contributed by atoms with van der Waals surface area (Å²) in [5.41, 5.74) is 2.43. The van der Waals surface area contributed by atoms with E-state index in [2.05, 4.69) is 45.1 Å². The molecule has 3 rings (SSSR count). The SMILES string of the molecule is Cc1cnccc1C(C)NC[C@H]1C[C@@H](O)CN1c1cc(N(C)C)ncn1. The molecule has 0 saturated carbocycles. The minimum Gasteiger partial charge on any atom is -0.391 e. The highest BCUT2D eigenvalue weighted by molar-refractivity contribution is 5.51. The van der Waals surface area contributed by atoms with Crippen molar-refractivity contribution in [2.24, 2.45) is 0 Å². The van der Waals surface area contributed by atoms with E-state index in [1.807, 2.05) is 37.5 Å². The van der Waals surface area contributed by atoms with Crippen molar-refractivity contribution in [3.05, 3.63) is 42.0 Å². The minimum absolute atomic E-state index is 0.194. The number of nitrogens with zero attached hydrogens (tertiary/aromatic N) is 5. The van der Waals surface area contributed by atoms with Crippen LogP contribution in [0.3, 0.4) is 0 Å². The number of aliphatic hydroxyl groups excluding tert-OH is 1. The van der Waals surface area contributed by atoms with Crippen LogP contribution in [-0.2, 0) is 0 Å². The standard InChI is InChI=1S/C19H28N6O/c1-13-9-20-6-5-17(13)14(2)21-10-15-7-16(26)11-25(15)19-8-18(24(3)4)22-12-23-19/h5-6,8-9,12,14-16,21,26H,7,10-11H2,1-4H3/t14?,15-,16-/m1/s1. The van der Waals surface area contributed by atoms with E-state index in [0.29, 0.717) is 6.54 Å². The average molecular weight is 356 g/mol. The van der Waals surface area contributed by atoms with Gasteiger partial charge in [0, 0.05) is 57.7 Å². The molecule has 2 aromatic rings. The summed E-state index contributed by atoms with van der Waals surface area (Å²) in [6, 6.07) is 4.45. The third kappa shape index (κ3) is 4.11.